The van der Waals surface area contributed by atoms with Crippen molar-refractivity contribution >= 4 is 33.0 Å². The molecular formula is C13H10BrFOS. The Morgan fingerprint density at radius 1 is 1.29 bits per heavy atom. The molecule has 0 aliphatic heterocycles. The normalized spacial score (nSPS) is 10.5. The van der Waals surface area contributed by atoms with Gasteiger partial charge < -0.3 is 0 Å². The Bertz CT molecular complexity index is 522. The van der Waals surface area contributed by atoms with E-state index in [1.807, 2.05) is 17.5 Å². The quantitative estimate of drug-likeness (QED) is 0.834. The molecule has 1 nitrogen and oxygen atoms in total. The monoisotopic (exact) mass is 312 g/mol. The second kappa shape index (κ2) is 5.56. The molecule has 0 aliphatic carbocycles. The lowest BCUT2D eigenvalue weighted by Crippen LogP contribution is -2.06. The van der Waals surface area contributed by atoms with Gasteiger partial charge in [-0.15, -0.1) is 11.3 Å². The molecule has 2 rings (SSSR count). The van der Waals surface area contributed by atoms with Gasteiger partial charge in [0.25, 0.3) is 0 Å². The first-order valence-corrected chi connectivity index (χ1v) is 6.80. The number of rotatable bonds is 4. The highest BCUT2D eigenvalue weighted by Crippen LogP contribution is 2.19. The number of hydrogen-bond acceptors (Lipinski definition) is 2. The summed E-state index contributed by atoms with van der Waals surface area (Å²) in [4.78, 5) is 12.9. The maximum Gasteiger partial charge on any atom is 0.142 e. The SMILES string of the molecule is O=C(Cc1cccs1)Cc1ccc(F)cc1Br. The summed E-state index contributed by atoms with van der Waals surface area (Å²) >= 11 is 4.84. The lowest BCUT2D eigenvalue weighted by Gasteiger charge is -2.03. The first kappa shape index (κ1) is 12.5. The van der Waals surface area contributed by atoms with E-state index < -0.39 is 0 Å². The van der Waals surface area contributed by atoms with Gasteiger partial charge in [0.1, 0.15) is 11.6 Å². The lowest BCUT2D eigenvalue weighted by atomic mass is 10.1. The summed E-state index contributed by atoms with van der Waals surface area (Å²) in [5, 5.41) is 1.95. The zero-order chi connectivity index (χ0) is 12.3. The highest BCUT2D eigenvalue weighted by molar-refractivity contribution is 9.10. The summed E-state index contributed by atoms with van der Waals surface area (Å²) in [5.74, 6) is -0.161. The number of Topliss-reactive ketones (excluding diaryl/α,β-unsaturated/α-hetero) is 1. The van der Waals surface area contributed by atoms with Crippen LogP contribution in [0.3, 0.4) is 0 Å². The molecule has 0 bridgehead atoms. The number of hydrogen-bond donors (Lipinski definition) is 0. The van der Waals surface area contributed by atoms with Crippen LogP contribution in [0.15, 0.2) is 40.2 Å². The second-order valence-corrected chi connectivity index (χ2v) is 5.59. The minimum atomic E-state index is -0.300. The van der Waals surface area contributed by atoms with Gasteiger partial charge in [0, 0.05) is 22.2 Å². The van der Waals surface area contributed by atoms with Crippen LogP contribution in [0.25, 0.3) is 0 Å². The third-order valence-electron chi connectivity index (χ3n) is 2.35. The summed E-state index contributed by atoms with van der Waals surface area (Å²) in [6.07, 6.45) is 0.778. The zero-order valence-electron chi connectivity index (χ0n) is 8.95. The number of ketones is 1. The van der Waals surface area contributed by atoms with Crippen LogP contribution in [-0.4, -0.2) is 5.78 Å². The van der Waals surface area contributed by atoms with Crippen LogP contribution in [0.5, 0.6) is 0 Å². The van der Waals surface area contributed by atoms with Gasteiger partial charge in [-0.05, 0) is 29.1 Å². The second-order valence-electron chi connectivity index (χ2n) is 3.71. The number of halogens is 2. The van der Waals surface area contributed by atoms with E-state index in [-0.39, 0.29) is 11.6 Å². The summed E-state index contributed by atoms with van der Waals surface area (Å²) in [5.41, 5.74) is 0.827. The van der Waals surface area contributed by atoms with Crippen molar-refractivity contribution in [2.75, 3.05) is 0 Å². The van der Waals surface area contributed by atoms with Crippen LogP contribution in [-0.2, 0) is 17.6 Å². The van der Waals surface area contributed by atoms with Gasteiger partial charge in [-0.3, -0.25) is 4.79 Å². The van der Waals surface area contributed by atoms with E-state index in [4.69, 9.17) is 0 Å². The van der Waals surface area contributed by atoms with Crippen molar-refractivity contribution in [1.29, 1.82) is 0 Å². The molecule has 2 aromatic rings. The van der Waals surface area contributed by atoms with Crippen molar-refractivity contribution in [3.8, 4) is 0 Å². The Hall–Kier alpha value is -1.00. The maximum absolute atomic E-state index is 12.9. The van der Waals surface area contributed by atoms with Crippen LogP contribution in [0.4, 0.5) is 4.39 Å². The van der Waals surface area contributed by atoms with Crippen molar-refractivity contribution in [2.24, 2.45) is 0 Å². The van der Waals surface area contributed by atoms with Gasteiger partial charge in [0.2, 0.25) is 0 Å². The summed E-state index contributed by atoms with van der Waals surface area (Å²) in [7, 11) is 0. The molecule has 88 valence electrons. The fourth-order valence-electron chi connectivity index (χ4n) is 1.55. The highest BCUT2D eigenvalue weighted by Gasteiger charge is 2.09. The minimum absolute atomic E-state index is 0.139. The van der Waals surface area contributed by atoms with Gasteiger partial charge in [-0.1, -0.05) is 28.1 Å². The first-order valence-electron chi connectivity index (χ1n) is 5.13. The van der Waals surface area contributed by atoms with Gasteiger partial charge >= 0.3 is 0 Å². The predicted molar refractivity (Wildman–Crippen MR) is 70.8 cm³/mol. The molecule has 17 heavy (non-hydrogen) atoms. The summed E-state index contributed by atoms with van der Waals surface area (Å²) in [6, 6.07) is 8.28. The van der Waals surface area contributed by atoms with Crippen molar-refractivity contribution in [1.82, 2.24) is 0 Å². The van der Waals surface area contributed by atoms with E-state index in [0.29, 0.717) is 17.3 Å². The molecule has 0 atom stereocenters. The topological polar surface area (TPSA) is 17.1 Å². The van der Waals surface area contributed by atoms with E-state index in [1.165, 1.54) is 12.1 Å². The zero-order valence-corrected chi connectivity index (χ0v) is 11.4. The standard InChI is InChI=1S/C13H10BrFOS/c14-13-7-10(15)4-3-9(13)6-11(16)8-12-2-1-5-17-12/h1-5,7H,6,8H2. The molecule has 0 spiro atoms. The Kier molecular flexibility index (Phi) is 4.07. The van der Waals surface area contributed by atoms with Gasteiger partial charge in [-0.25, -0.2) is 4.39 Å². The fraction of sp³-hybridized carbons (Fsp3) is 0.154. The van der Waals surface area contributed by atoms with Crippen LogP contribution < -0.4 is 0 Å². The van der Waals surface area contributed by atoms with E-state index in [2.05, 4.69) is 15.9 Å². The molecule has 0 saturated heterocycles. The van der Waals surface area contributed by atoms with E-state index in [9.17, 15) is 9.18 Å². The van der Waals surface area contributed by atoms with Gasteiger partial charge in [0.05, 0.1) is 0 Å². The molecule has 1 heterocycles. The number of carbonyl (C=O) groups excluding carboxylic acids is 1. The molecule has 4 heteroatoms. The van der Waals surface area contributed by atoms with Crippen LogP contribution >= 0.6 is 27.3 Å². The van der Waals surface area contributed by atoms with E-state index in [0.717, 1.165) is 10.4 Å². The van der Waals surface area contributed by atoms with Crippen molar-refractivity contribution in [2.45, 2.75) is 12.8 Å². The van der Waals surface area contributed by atoms with E-state index >= 15 is 0 Å². The predicted octanol–water partition coefficient (Wildman–Crippen LogP) is 4.00. The number of thiophene rings is 1. The van der Waals surface area contributed by atoms with E-state index in [1.54, 1.807) is 17.4 Å². The van der Waals surface area contributed by atoms with Crippen LogP contribution in [0, 0.1) is 5.82 Å². The van der Waals surface area contributed by atoms with Crippen LogP contribution in [0.1, 0.15) is 10.4 Å². The van der Waals surface area contributed by atoms with Crippen molar-refractivity contribution in [3.63, 3.8) is 0 Å². The Morgan fingerprint density at radius 2 is 2.12 bits per heavy atom. The fourth-order valence-corrected chi connectivity index (χ4v) is 2.77. The average Bonchev–Trinajstić information content (AvgIpc) is 2.75. The molecule has 0 amide bonds. The first-order chi connectivity index (χ1) is 8.15. The Morgan fingerprint density at radius 3 is 2.76 bits per heavy atom. The van der Waals surface area contributed by atoms with Crippen LogP contribution in [0.2, 0.25) is 0 Å². The molecule has 0 N–H and O–H groups in total. The lowest BCUT2D eigenvalue weighted by molar-refractivity contribution is -0.117. The van der Waals surface area contributed by atoms with Crippen molar-refractivity contribution in [3.05, 3.63) is 56.4 Å². The molecule has 0 saturated carbocycles. The Balaban J connectivity index is 2.03. The summed E-state index contributed by atoms with van der Waals surface area (Å²) < 4.78 is 13.5. The number of benzene rings is 1. The molecular weight excluding hydrogens is 303 g/mol. The molecule has 0 fully saturated rings. The van der Waals surface area contributed by atoms with Gasteiger partial charge in [0.15, 0.2) is 0 Å². The average molecular weight is 313 g/mol. The third-order valence-corrected chi connectivity index (χ3v) is 3.97. The van der Waals surface area contributed by atoms with Gasteiger partial charge in [-0.2, -0.15) is 0 Å². The molecule has 0 radical (unpaired) electrons. The minimum Gasteiger partial charge on any atom is -0.299 e. The van der Waals surface area contributed by atoms with Crippen molar-refractivity contribution < 1.29 is 9.18 Å². The molecule has 0 aliphatic rings. The maximum atomic E-state index is 12.9. The largest absolute Gasteiger partial charge is 0.299 e. The molecule has 1 aromatic heterocycles. The molecule has 0 unspecified atom stereocenters. The smallest absolute Gasteiger partial charge is 0.142 e. The summed E-state index contributed by atoms with van der Waals surface area (Å²) in [6.45, 7) is 0. The Labute approximate surface area is 111 Å². The molecule has 1 aromatic carbocycles. The third kappa shape index (κ3) is 3.48. The highest BCUT2D eigenvalue weighted by atomic mass is 79.9. The number of carbonyl (C=O) groups is 1.